The third kappa shape index (κ3) is 5.76. The number of nitrogens with one attached hydrogen (secondary N) is 2. The first-order valence-corrected chi connectivity index (χ1v) is 12.6. The molecule has 0 spiro atoms. The molecule has 0 aliphatic carbocycles. The molecule has 2 heterocycles. The molecule has 3 aromatic rings. The molecule has 2 aromatic carbocycles. The van der Waals surface area contributed by atoms with Crippen molar-refractivity contribution in [3.05, 3.63) is 66.5 Å². The van der Waals surface area contributed by atoms with Crippen LogP contribution < -0.4 is 19.8 Å². The van der Waals surface area contributed by atoms with Gasteiger partial charge in [0.15, 0.2) is 0 Å². The predicted molar refractivity (Wildman–Crippen MR) is 130 cm³/mol. The van der Waals surface area contributed by atoms with Crippen LogP contribution in [0.2, 0.25) is 0 Å². The summed E-state index contributed by atoms with van der Waals surface area (Å²) in [5.74, 6) is 0.649. The summed E-state index contributed by atoms with van der Waals surface area (Å²) in [6, 6.07) is 14.2. The van der Waals surface area contributed by atoms with Crippen LogP contribution in [0.15, 0.2) is 65.8 Å². The summed E-state index contributed by atoms with van der Waals surface area (Å²) in [5, 5.41) is 8.69. The molecule has 0 saturated carbocycles. The fourth-order valence-electron chi connectivity index (χ4n) is 4.04. The van der Waals surface area contributed by atoms with E-state index in [-0.39, 0.29) is 16.4 Å². The van der Waals surface area contributed by atoms with Crippen LogP contribution in [0.1, 0.15) is 23.2 Å². The van der Waals surface area contributed by atoms with Crippen LogP contribution in [-0.2, 0) is 10.0 Å². The van der Waals surface area contributed by atoms with Crippen LogP contribution >= 0.6 is 0 Å². The van der Waals surface area contributed by atoms with Crippen molar-refractivity contribution in [2.75, 3.05) is 31.6 Å². The Balaban J connectivity index is 1.38. The molecule has 1 saturated heterocycles. The molecular formula is C24H27N5O5S. The highest BCUT2D eigenvalue weighted by atomic mass is 32.2. The van der Waals surface area contributed by atoms with Crippen LogP contribution in [0.25, 0.3) is 11.1 Å². The number of hydrogen-bond acceptors (Lipinski definition) is 8. The van der Waals surface area contributed by atoms with Gasteiger partial charge in [-0.2, -0.15) is 0 Å². The minimum Gasteiger partial charge on any atom is -0.497 e. The highest BCUT2D eigenvalue weighted by molar-refractivity contribution is 7.89. The van der Waals surface area contributed by atoms with Gasteiger partial charge < -0.3 is 9.64 Å². The first kappa shape index (κ1) is 24.6. The lowest BCUT2D eigenvalue weighted by Gasteiger charge is -2.32. The smallest absolute Gasteiger partial charge is 0.277 e. The van der Waals surface area contributed by atoms with Gasteiger partial charge in [-0.25, -0.2) is 28.6 Å². The molecule has 184 valence electrons. The van der Waals surface area contributed by atoms with Crippen molar-refractivity contribution in [1.82, 2.24) is 20.2 Å². The van der Waals surface area contributed by atoms with Gasteiger partial charge in [0, 0.05) is 37.6 Å². The van der Waals surface area contributed by atoms with Gasteiger partial charge >= 0.3 is 0 Å². The van der Waals surface area contributed by atoms with Crippen LogP contribution in [0.5, 0.6) is 5.75 Å². The van der Waals surface area contributed by atoms with E-state index in [1.807, 2.05) is 35.2 Å². The lowest BCUT2D eigenvalue weighted by molar-refractivity contribution is 0.0705. The van der Waals surface area contributed by atoms with E-state index >= 15 is 0 Å². The number of anilines is 1. The van der Waals surface area contributed by atoms with E-state index in [0.717, 1.165) is 18.4 Å². The maximum Gasteiger partial charge on any atom is 0.277 e. The van der Waals surface area contributed by atoms with Gasteiger partial charge in [-0.15, -0.1) is 0 Å². The summed E-state index contributed by atoms with van der Waals surface area (Å²) in [4.78, 5) is 22.0. The molecular weight excluding hydrogens is 470 g/mol. The van der Waals surface area contributed by atoms with Gasteiger partial charge in [-0.3, -0.25) is 10.0 Å². The lowest BCUT2D eigenvalue weighted by atomic mass is 9.97. The number of rotatable bonds is 8. The van der Waals surface area contributed by atoms with Gasteiger partial charge in [-0.05, 0) is 42.5 Å². The molecule has 1 aliphatic heterocycles. The Morgan fingerprint density at radius 2 is 1.83 bits per heavy atom. The van der Waals surface area contributed by atoms with Gasteiger partial charge in [0.05, 0.1) is 17.6 Å². The van der Waals surface area contributed by atoms with Gasteiger partial charge in [-0.1, -0.05) is 30.3 Å². The summed E-state index contributed by atoms with van der Waals surface area (Å²) in [5.41, 5.74) is 3.09. The van der Waals surface area contributed by atoms with E-state index < -0.39 is 15.9 Å². The topological polar surface area (TPSA) is 134 Å². The van der Waals surface area contributed by atoms with Gasteiger partial charge in [0.2, 0.25) is 16.0 Å². The molecule has 0 atom stereocenters. The van der Waals surface area contributed by atoms with Crippen LogP contribution in [0.3, 0.4) is 0 Å². The van der Waals surface area contributed by atoms with Crippen LogP contribution in [0.4, 0.5) is 5.95 Å². The number of aromatic nitrogens is 2. The number of hydroxylamine groups is 1. The minimum atomic E-state index is -3.73. The summed E-state index contributed by atoms with van der Waals surface area (Å²) >= 11 is 0. The Bertz CT molecular complexity index is 1280. The zero-order valence-corrected chi connectivity index (χ0v) is 20.0. The molecule has 0 bridgehead atoms. The molecule has 1 aliphatic rings. The molecule has 0 unspecified atom stereocenters. The standard InChI is InChI=1S/C24H27N5O5S/c1-34-20-6-4-5-18(13-20)21-7-2-3-8-22(21)35(32,33)27-14-17-9-11-29(12-10-17)24-25-15-19(16-26-24)23(30)28-31/h2-8,13,15-17,27,31H,9-12,14H2,1H3,(H,28,30). The quantitative estimate of drug-likeness (QED) is 0.319. The lowest BCUT2D eigenvalue weighted by Crippen LogP contribution is -2.39. The summed E-state index contributed by atoms with van der Waals surface area (Å²) in [6.07, 6.45) is 4.24. The number of piperidine rings is 1. The number of amides is 1. The molecule has 4 rings (SSSR count). The second-order valence-electron chi connectivity index (χ2n) is 8.22. The number of nitrogens with zero attached hydrogens (tertiary/aromatic N) is 3. The monoisotopic (exact) mass is 497 g/mol. The fourth-order valence-corrected chi connectivity index (χ4v) is 5.38. The number of carbonyl (C=O) groups is 1. The number of sulfonamides is 1. The van der Waals surface area contributed by atoms with E-state index in [0.29, 0.717) is 36.9 Å². The highest BCUT2D eigenvalue weighted by Gasteiger charge is 2.25. The van der Waals surface area contributed by atoms with Crippen molar-refractivity contribution in [2.45, 2.75) is 17.7 Å². The molecule has 11 heteroatoms. The second-order valence-corrected chi connectivity index (χ2v) is 9.96. The van der Waals surface area contributed by atoms with Crippen molar-refractivity contribution < 1.29 is 23.2 Å². The Kier molecular flexibility index (Phi) is 7.59. The molecule has 3 N–H and O–H groups in total. The van der Waals surface area contributed by atoms with Gasteiger partial charge in [0.1, 0.15) is 5.75 Å². The number of benzene rings is 2. The number of carbonyl (C=O) groups excluding carboxylic acids is 1. The molecule has 1 aromatic heterocycles. The maximum absolute atomic E-state index is 13.2. The fraction of sp³-hybridized carbons (Fsp3) is 0.292. The van der Waals surface area contributed by atoms with E-state index in [9.17, 15) is 13.2 Å². The number of methoxy groups -OCH3 is 1. The molecule has 10 nitrogen and oxygen atoms in total. The van der Waals surface area contributed by atoms with Crippen LogP contribution in [0, 0.1) is 5.92 Å². The normalized spacial score (nSPS) is 14.5. The van der Waals surface area contributed by atoms with Crippen molar-refractivity contribution in [3.8, 4) is 16.9 Å². The Labute approximate surface area is 204 Å². The molecule has 1 fully saturated rings. The van der Waals surface area contributed by atoms with Crippen LogP contribution in [-0.4, -0.2) is 56.2 Å². The zero-order valence-electron chi connectivity index (χ0n) is 19.2. The van der Waals surface area contributed by atoms with Crippen molar-refractivity contribution in [2.24, 2.45) is 5.92 Å². The summed E-state index contributed by atoms with van der Waals surface area (Å²) < 4.78 is 34.5. The average molecular weight is 498 g/mol. The summed E-state index contributed by atoms with van der Waals surface area (Å²) in [6.45, 7) is 1.66. The predicted octanol–water partition coefficient (Wildman–Crippen LogP) is 2.47. The molecule has 35 heavy (non-hydrogen) atoms. The van der Waals surface area contributed by atoms with Crippen molar-refractivity contribution in [1.29, 1.82) is 0 Å². The molecule has 0 radical (unpaired) electrons. The Hall–Kier alpha value is -3.54. The highest BCUT2D eigenvalue weighted by Crippen LogP contribution is 2.30. The van der Waals surface area contributed by atoms with E-state index in [1.54, 1.807) is 30.8 Å². The Morgan fingerprint density at radius 3 is 2.51 bits per heavy atom. The molecule has 1 amide bonds. The van der Waals surface area contributed by atoms with Crippen molar-refractivity contribution >= 4 is 21.9 Å². The SMILES string of the molecule is COc1cccc(-c2ccccc2S(=O)(=O)NCC2CCN(c3ncc(C(=O)NO)cn3)CC2)c1. The summed E-state index contributed by atoms with van der Waals surface area (Å²) in [7, 11) is -2.15. The van der Waals surface area contributed by atoms with E-state index in [4.69, 9.17) is 9.94 Å². The number of hydrogen-bond donors (Lipinski definition) is 3. The first-order chi connectivity index (χ1) is 16.9. The van der Waals surface area contributed by atoms with Crippen molar-refractivity contribution in [3.63, 3.8) is 0 Å². The van der Waals surface area contributed by atoms with E-state index in [2.05, 4.69) is 14.7 Å². The van der Waals surface area contributed by atoms with E-state index in [1.165, 1.54) is 12.4 Å². The zero-order chi connectivity index (χ0) is 24.8. The average Bonchev–Trinajstić information content (AvgIpc) is 2.92. The maximum atomic E-state index is 13.2. The first-order valence-electron chi connectivity index (χ1n) is 11.2. The number of ether oxygens (including phenoxy) is 1. The Morgan fingerprint density at radius 1 is 1.11 bits per heavy atom. The third-order valence-corrected chi connectivity index (χ3v) is 7.50. The minimum absolute atomic E-state index is 0.162. The second kappa shape index (κ2) is 10.8. The largest absolute Gasteiger partial charge is 0.497 e. The van der Waals surface area contributed by atoms with Gasteiger partial charge in [0.25, 0.3) is 5.91 Å². The third-order valence-electron chi connectivity index (χ3n) is 6.02.